The van der Waals surface area contributed by atoms with Gasteiger partial charge >= 0.3 is 0 Å². The number of hydrogen-bond acceptors (Lipinski definition) is 2. The average Bonchev–Trinajstić information content (AvgIpc) is 2.41. The molecule has 0 aromatic heterocycles. The van der Waals surface area contributed by atoms with Crippen molar-refractivity contribution in [2.24, 2.45) is 0 Å². The summed E-state index contributed by atoms with van der Waals surface area (Å²) in [5, 5.41) is 3.37. The Balaban J connectivity index is 2.04. The van der Waals surface area contributed by atoms with E-state index in [9.17, 15) is 0 Å². The number of ether oxygens (including phenoxy) is 1. The third-order valence-electron chi connectivity index (χ3n) is 3.68. The van der Waals surface area contributed by atoms with E-state index in [4.69, 9.17) is 4.74 Å². The lowest BCUT2D eigenvalue weighted by atomic mass is 9.99. The molecule has 1 N–H and O–H groups in total. The monoisotopic (exact) mass is 311 g/mol. The number of rotatable bonds is 4. The molecule has 0 bridgehead atoms. The summed E-state index contributed by atoms with van der Waals surface area (Å²) in [5.41, 5.74) is 1.37. The Morgan fingerprint density at radius 1 is 1.50 bits per heavy atom. The molecule has 0 saturated carbocycles. The van der Waals surface area contributed by atoms with Crippen molar-refractivity contribution in [2.75, 3.05) is 13.1 Å². The minimum atomic E-state index is 0.310. The molecule has 0 spiro atoms. The van der Waals surface area contributed by atoms with Crippen molar-refractivity contribution in [1.82, 2.24) is 5.32 Å². The van der Waals surface area contributed by atoms with Gasteiger partial charge in [-0.1, -0.05) is 19.9 Å². The molecule has 0 amide bonds. The van der Waals surface area contributed by atoms with Crippen LogP contribution in [0, 0.1) is 0 Å². The van der Waals surface area contributed by atoms with Crippen LogP contribution in [0.3, 0.4) is 0 Å². The molecule has 1 fully saturated rings. The van der Waals surface area contributed by atoms with Gasteiger partial charge < -0.3 is 10.1 Å². The lowest BCUT2D eigenvalue weighted by Crippen LogP contribution is -2.37. The SMILES string of the molecule is CC[C@H](C)c1ccc(O[C@@H]2CCCNC2)c(Br)c1. The van der Waals surface area contributed by atoms with Crippen LogP contribution < -0.4 is 10.1 Å². The van der Waals surface area contributed by atoms with E-state index in [0.29, 0.717) is 12.0 Å². The highest BCUT2D eigenvalue weighted by Crippen LogP contribution is 2.31. The molecule has 1 aromatic rings. The van der Waals surface area contributed by atoms with Gasteiger partial charge in [-0.15, -0.1) is 0 Å². The number of benzene rings is 1. The number of halogens is 1. The zero-order valence-electron chi connectivity index (χ0n) is 11.2. The molecule has 18 heavy (non-hydrogen) atoms. The van der Waals surface area contributed by atoms with E-state index >= 15 is 0 Å². The van der Waals surface area contributed by atoms with Crippen LogP contribution in [0.25, 0.3) is 0 Å². The molecule has 2 atom stereocenters. The fourth-order valence-electron chi connectivity index (χ4n) is 2.25. The largest absolute Gasteiger partial charge is 0.488 e. The fourth-order valence-corrected chi connectivity index (χ4v) is 2.74. The number of hydrogen-bond donors (Lipinski definition) is 1. The van der Waals surface area contributed by atoms with Gasteiger partial charge in [0.1, 0.15) is 11.9 Å². The summed E-state index contributed by atoms with van der Waals surface area (Å²) in [7, 11) is 0. The summed E-state index contributed by atoms with van der Waals surface area (Å²) < 4.78 is 7.12. The summed E-state index contributed by atoms with van der Waals surface area (Å²) in [4.78, 5) is 0. The summed E-state index contributed by atoms with van der Waals surface area (Å²) in [5.74, 6) is 1.57. The Bertz CT molecular complexity index is 388. The highest BCUT2D eigenvalue weighted by atomic mass is 79.9. The molecule has 0 aliphatic carbocycles. The second kappa shape index (κ2) is 6.58. The Morgan fingerprint density at radius 3 is 2.94 bits per heavy atom. The first-order valence-electron chi connectivity index (χ1n) is 6.87. The van der Waals surface area contributed by atoms with Gasteiger partial charge in [0.05, 0.1) is 4.47 Å². The molecule has 1 aromatic carbocycles. The Kier molecular flexibility index (Phi) is 5.07. The molecular weight excluding hydrogens is 290 g/mol. The lowest BCUT2D eigenvalue weighted by Gasteiger charge is -2.24. The van der Waals surface area contributed by atoms with Crippen LogP contribution in [0.1, 0.15) is 44.6 Å². The first-order chi connectivity index (χ1) is 8.70. The third kappa shape index (κ3) is 3.48. The second-order valence-electron chi connectivity index (χ2n) is 5.09. The Labute approximate surface area is 118 Å². The standard InChI is InChI=1S/C15H22BrNO/c1-3-11(2)12-6-7-15(14(16)9-12)18-13-5-4-8-17-10-13/h6-7,9,11,13,17H,3-5,8,10H2,1-2H3/t11-,13+/m0/s1. The predicted octanol–water partition coefficient (Wildman–Crippen LogP) is 4.09. The first kappa shape index (κ1) is 13.9. The predicted molar refractivity (Wildman–Crippen MR) is 79.4 cm³/mol. The summed E-state index contributed by atoms with van der Waals surface area (Å²) in [6, 6.07) is 6.48. The molecule has 1 heterocycles. The van der Waals surface area contributed by atoms with Crippen LogP contribution in [0.15, 0.2) is 22.7 Å². The third-order valence-corrected chi connectivity index (χ3v) is 4.30. The maximum atomic E-state index is 6.05. The minimum Gasteiger partial charge on any atom is -0.488 e. The van der Waals surface area contributed by atoms with Crippen molar-refractivity contribution in [2.45, 2.75) is 45.1 Å². The molecule has 2 nitrogen and oxygen atoms in total. The van der Waals surface area contributed by atoms with Crippen molar-refractivity contribution < 1.29 is 4.74 Å². The fraction of sp³-hybridized carbons (Fsp3) is 0.600. The highest BCUT2D eigenvalue weighted by Gasteiger charge is 2.16. The van der Waals surface area contributed by atoms with Crippen molar-refractivity contribution in [1.29, 1.82) is 0 Å². The van der Waals surface area contributed by atoms with Gasteiger partial charge in [-0.25, -0.2) is 0 Å². The van der Waals surface area contributed by atoms with Crippen LogP contribution in [-0.2, 0) is 0 Å². The van der Waals surface area contributed by atoms with Crippen molar-refractivity contribution in [3.8, 4) is 5.75 Å². The second-order valence-corrected chi connectivity index (χ2v) is 5.94. The maximum absolute atomic E-state index is 6.05. The van der Waals surface area contributed by atoms with Crippen molar-refractivity contribution >= 4 is 15.9 Å². The molecule has 2 rings (SSSR count). The highest BCUT2D eigenvalue weighted by molar-refractivity contribution is 9.10. The molecule has 100 valence electrons. The molecule has 1 aliphatic heterocycles. The van der Waals surface area contributed by atoms with Gasteiger partial charge in [-0.05, 0) is 65.4 Å². The van der Waals surface area contributed by atoms with Gasteiger partial charge in [-0.3, -0.25) is 0 Å². The molecule has 0 unspecified atom stereocenters. The van der Waals surface area contributed by atoms with Crippen LogP contribution in [0.4, 0.5) is 0 Å². The minimum absolute atomic E-state index is 0.310. The molecule has 1 saturated heterocycles. The van der Waals surface area contributed by atoms with E-state index in [1.165, 1.54) is 18.4 Å². The van der Waals surface area contributed by atoms with Crippen LogP contribution >= 0.6 is 15.9 Å². The first-order valence-corrected chi connectivity index (χ1v) is 7.66. The maximum Gasteiger partial charge on any atom is 0.133 e. The van der Waals surface area contributed by atoms with Crippen LogP contribution in [0.2, 0.25) is 0 Å². The van der Waals surface area contributed by atoms with E-state index in [0.717, 1.165) is 29.7 Å². The van der Waals surface area contributed by atoms with Gasteiger partial charge in [0.15, 0.2) is 0 Å². The van der Waals surface area contributed by atoms with Crippen molar-refractivity contribution in [3.63, 3.8) is 0 Å². The summed E-state index contributed by atoms with van der Waals surface area (Å²) in [6.07, 6.45) is 3.82. The van der Waals surface area contributed by atoms with Crippen molar-refractivity contribution in [3.05, 3.63) is 28.2 Å². The normalized spacial score (nSPS) is 21.6. The average molecular weight is 312 g/mol. The number of nitrogens with one attached hydrogen (secondary N) is 1. The topological polar surface area (TPSA) is 21.3 Å². The lowest BCUT2D eigenvalue weighted by molar-refractivity contribution is 0.166. The van der Waals surface area contributed by atoms with Crippen LogP contribution in [-0.4, -0.2) is 19.2 Å². The smallest absolute Gasteiger partial charge is 0.133 e. The Morgan fingerprint density at radius 2 is 2.33 bits per heavy atom. The van der Waals surface area contributed by atoms with Gasteiger partial charge in [0.2, 0.25) is 0 Å². The molecule has 0 radical (unpaired) electrons. The summed E-state index contributed by atoms with van der Waals surface area (Å²) in [6.45, 7) is 6.55. The van der Waals surface area contributed by atoms with E-state index in [2.05, 4.69) is 53.3 Å². The molecular formula is C15H22BrNO. The zero-order valence-corrected chi connectivity index (χ0v) is 12.8. The van der Waals surface area contributed by atoms with Crippen LogP contribution in [0.5, 0.6) is 5.75 Å². The van der Waals surface area contributed by atoms with E-state index in [-0.39, 0.29) is 0 Å². The number of piperidine rings is 1. The molecule has 1 aliphatic rings. The van der Waals surface area contributed by atoms with E-state index in [1.54, 1.807) is 0 Å². The Hall–Kier alpha value is -0.540. The van der Waals surface area contributed by atoms with Gasteiger partial charge in [-0.2, -0.15) is 0 Å². The quantitative estimate of drug-likeness (QED) is 0.904. The van der Waals surface area contributed by atoms with E-state index in [1.807, 2.05) is 0 Å². The summed E-state index contributed by atoms with van der Waals surface area (Å²) >= 11 is 3.63. The van der Waals surface area contributed by atoms with Gasteiger partial charge in [0, 0.05) is 6.54 Å². The van der Waals surface area contributed by atoms with E-state index < -0.39 is 0 Å². The molecule has 3 heteroatoms. The zero-order chi connectivity index (χ0) is 13.0. The van der Waals surface area contributed by atoms with Gasteiger partial charge in [0.25, 0.3) is 0 Å².